The lowest BCUT2D eigenvalue weighted by Gasteiger charge is -2.21. The smallest absolute Gasteiger partial charge is 0.261 e. The summed E-state index contributed by atoms with van der Waals surface area (Å²) >= 11 is 1.36. The number of rotatable bonds is 3. The third-order valence-electron chi connectivity index (χ3n) is 2.94. The molecule has 1 aliphatic heterocycles. The number of halogens is 1. The fourth-order valence-corrected chi connectivity index (χ4v) is 2.70. The van der Waals surface area contributed by atoms with E-state index in [4.69, 9.17) is 9.47 Å². The Morgan fingerprint density at radius 3 is 3.15 bits per heavy atom. The van der Waals surface area contributed by atoms with Crippen LogP contribution in [0.2, 0.25) is 0 Å². The van der Waals surface area contributed by atoms with Crippen molar-refractivity contribution in [1.82, 2.24) is 5.32 Å². The Morgan fingerprint density at radius 1 is 1.45 bits per heavy atom. The second-order valence-corrected chi connectivity index (χ2v) is 5.27. The summed E-state index contributed by atoms with van der Waals surface area (Å²) in [6.45, 7) is 0.681. The molecule has 0 atom stereocenters. The largest absolute Gasteiger partial charge is 0.467 e. The van der Waals surface area contributed by atoms with Gasteiger partial charge in [-0.3, -0.25) is 4.79 Å². The normalized spacial score (nSPS) is 13.4. The van der Waals surface area contributed by atoms with Gasteiger partial charge in [-0.2, -0.15) is 0 Å². The van der Waals surface area contributed by atoms with E-state index in [1.165, 1.54) is 23.5 Å². The average Bonchev–Trinajstić information content (AvgIpc) is 2.98. The van der Waals surface area contributed by atoms with Crippen molar-refractivity contribution >= 4 is 17.2 Å². The first-order valence-corrected chi connectivity index (χ1v) is 6.95. The van der Waals surface area contributed by atoms with Crippen LogP contribution in [0.3, 0.4) is 0 Å². The van der Waals surface area contributed by atoms with Crippen molar-refractivity contribution in [2.24, 2.45) is 0 Å². The molecule has 0 bridgehead atoms. The summed E-state index contributed by atoms with van der Waals surface area (Å²) in [5.74, 6) is 0.0624. The number of amides is 1. The van der Waals surface area contributed by atoms with Gasteiger partial charge in [-0.1, -0.05) is 6.07 Å². The fourth-order valence-electron chi connectivity index (χ4n) is 2.06. The second kappa shape index (κ2) is 5.60. The fraction of sp³-hybridized carbons (Fsp3) is 0.214. The molecule has 1 aromatic carbocycles. The molecule has 0 spiro atoms. The molecule has 0 aliphatic carbocycles. The van der Waals surface area contributed by atoms with E-state index >= 15 is 0 Å². The van der Waals surface area contributed by atoms with Crippen LogP contribution in [-0.4, -0.2) is 12.7 Å². The third-order valence-corrected chi connectivity index (χ3v) is 3.80. The molecular formula is C14H12FNO3S. The highest BCUT2D eigenvalue weighted by molar-refractivity contribution is 7.12. The van der Waals surface area contributed by atoms with Gasteiger partial charge in [0.2, 0.25) is 0 Å². The van der Waals surface area contributed by atoms with E-state index in [2.05, 4.69) is 5.32 Å². The topological polar surface area (TPSA) is 47.6 Å². The van der Waals surface area contributed by atoms with E-state index in [1.54, 1.807) is 6.07 Å². The molecule has 1 aliphatic rings. The number of hydrogen-bond donors (Lipinski definition) is 1. The average molecular weight is 293 g/mol. The number of nitrogens with one attached hydrogen (secondary N) is 1. The number of thiophene rings is 1. The molecule has 0 radical (unpaired) electrons. The molecule has 6 heteroatoms. The van der Waals surface area contributed by atoms with Crippen LogP contribution in [0.15, 0.2) is 29.6 Å². The lowest BCUT2D eigenvalue weighted by Crippen LogP contribution is -2.23. The SMILES string of the molecule is O=C(NCc1cc(F)cc2c1OCOC2)c1cccs1. The summed E-state index contributed by atoms with van der Waals surface area (Å²) in [5.41, 5.74) is 1.28. The molecular weight excluding hydrogens is 281 g/mol. The van der Waals surface area contributed by atoms with Gasteiger partial charge in [-0.15, -0.1) is 11.3 Å². The predicted molar refractivity (Wildman–Crippen MR) is 72.2 cm³/mol. The minimum atomic E-state index is -0.363. The van der Waals surface area contributed by atoms with Crippen LogP contribution < -0.4 is 10.1 Å². The van der Waals surface area contributed by atoms with Crippen LogP contribution in [0.1, 0.15) is 20.8 Å². The minimum absolute atomic E-state index is 0.143. The van der Waals surface area contributed by atoms with Gasteiger partial charge in [0.1, 0.15) is 11.6 Å². The zero-order valence-electron chi connectivity index (χ0n) is 10.5. The van der Waals surface area contributed by atoms with Crippen molar-refractivity contribution in [3.8, 4) is 5.75 Å². The van der Waals surface area contributed by atoms with Crippen molar-refractivity contribution in [3.05, 3.63) is 51.5 Å². The predicted octanol–water partition coefficient (Wildman–Crippen LogP) is 2.68. The first-order valence-electron chi connectivity index (χ1n) is 6.07. The molecule has 1 aromatic heterocycles. The summed E-state index contributed by atoms with van der Waals surface area (Å²) in [6.07, 6.45) is 0. The van der Waals surface area contributed by atoms with E-state index in [1.807, 2.05) is 11.4 Å². The van der Waals surface area contributed by atoms with Crippen LogP contribution >= 0.6 is 11.3 Å². The molecule has 1 N–H and O–H groups in total. The molecule has 2 heterocycles. The summed E-state index contributed by atoms with van der Waals surface area (Å²) < 4.78 is 24.0. The molecule has 0 fully saturated rings. The van der Waals surface area contributed by atoms with E-state index in [0.717, 1.165) is 0 Å². The van der Waals surface area contributed by atoms with Crippen LogP contribution in [0, 0.1) is 5.82 Å². The van der Waals surface area contributed by atoms with Gasteiger partial charge in [0.05, 0.1) is 11.5 Å². The highest BCUT2D eigenvalue weighted by Gasteiger charge is 2.17. The number of carbonyl (C=O) groups excluding carboxylic acids is 1. The van der Waals surface area contributed by atoms with Crippen molar-refractivity contribution < 1.29 is 18.7 Å². The van der Waals surface area contributed by atoms with Gasteiger partial charge in [-0.05, 0) is 23.6 Å². The number of carbonyl (C=O) groups is 1. The standard InChI is InChI=1S/C14H12FNO3S/c15-11-4-9(13-10(5-11)7-18-8-19-13)6-16-14(17)12-2-1-3-20-12/h1-5H,6-8H2,(H,16,17). The van der Waals surface area contributed by atoms with Crippen molar-refractivity contribution in [2.45, 2.75) is 13.2 Å². The van der Waals surface area contributed by atoms with Gasteiger partial charge in [0.15, 0.2) is 6.79 Å². The summed E-state index contributed by atoms with van der Waals surface area (Å²) in [6, 6.07) is 6.31. The molecule has 0 saturated heterocycles. The Balaban J connectivity index is 1.77. The molecule has 0 saturated carbocycles. The Morgan fingerprint density at radius 2 is 2.35 bits per heavy atom. The van der Waals surface area contributed by atoms with Gasteiger partial charge < -0.3 is 14.8 Å². The minimum Gasteiger partial charge on any atom is -0.467 e. The first kappa shape index (κ1) is 13.1. The highest BCUT2D eigenvalue weighted by Crippen LogP contribution is 2.29. The van der Waals surface area contributed by atoms with Gasteiger partial charge in [0, 0.05) is 17.7 Å². The van der Waals surface area contributed by atoms with E-state index < -0.39 is 0 Å². The van der Waals surface area contributed by atoms with Gasteiger partial charge in [0.25, 0.3) is 5.91 Å². The molecule has 0 unspecified atom stereocenters. The maximum atomic E-state index is 13.5. The summed E-state index contributed by atoms with van der Waals surface area (Å²) in [4.78, 5) is 12.5. The molecule has 104 valence electrons. The third kappa shape index (κ3) is 2.66. The van der Waals surface area contributed by atoms with Gasteiger partial charge in [-0.25, -0.2) is 4.39 Å². The first-order chi connectivity index (χ1) is 9.74. The lowest BCUT2D eigenvalue weighted by atomic mass is 10.1. The Bertz CT molecular complexity index is 628. The molecule has 20 heavy (non-hydrogen) atoms. The zero-order valence-corrected chi connectivity index (χ0v) is 11.3. The van der Waals surface area contributed by atoms with Gasteiger partial charge >= 0.3 is 0 Å². The Hall–Kier alpha value is -1.92. The van der Waals surface area contributed by atoms with Crippen LogP contribution in [-0.2, 0) is 17.9 Å². The number of fused-ring (bicyclic) bond motifs is 1. The second-order valence-electron chi connectivity index (χ2n) is 4.32. The lowest BCUT2D eigenvalue weighted by molar-refractivity contribution is -0.0173. The van der Waals surface area contributed by atoms with Crippen LogP contribution in [0.5, 0.6) is 5.75 Å². The van der Waals surface area contributed by atoms with Crippen molar-refractivity contribution in [1.29, 1.82) is 0 Å². The number of benzene rings is 1. The quantitative estimate of drug-likeness (QED) is 0.946. The van der Waals surface area contributed by atoms with Crippen molar-refractivity contribution in [3.63, 3.8) is 0 Å². The highest BCUT2D eigenvalue weighted by atomic mass is 32.1. The Kier molecular flexibility index (Phi) is 3.66. The zero-order chi connectivity index (χ0) is 13.9. The molecule has 4 nitrogen and oxygen atoms in total. The number of ether oxygens (including phenoxy) is 2. The van der Waals surface area contributed by atoms with E-state index in [9.17, 15) is 9.18 Å². The van der Waals surface area contributed by atoms with Crippen molar-refractivity contribution in [2.75, 3.05) is 6.79 Å². The maximum Gasteiger partial charge on any atom is 0.261 e. The summed E-state index contributed by atoms with van der Waals surface area (Å²) in [5, 5.41) is 4.60. The van der Waals surface area contributed by atoms with Crippen LogP contribution in [0.25, 0.3) is 0 Å². The summed E-state index contributed by atoms with van der Waals surface area (Å²) in [7, 11) is 0. The van der Waals surface area contributed by atoms with E-state index in [-0.39, 0.29) is 25.1 Å². The van der Waals surface area contributed by atoms with Crippen LogP contribution in [0.4, 0.5) is 4.39 Å². The Labute approximate surface area is 119 Å². The molecule has 3 rings (SSSR count). The molecule has 2 aromatic rings. The number of hydrogen-bond acceptors (Lipinski definition) is 4. The maximum absolute atomic E-state index is 13.5. The monoisotopic (exact) mass is 293 g/mol. The van der Waals surface area contributed by atoms with E-state index in [0.29, 0.717) is 28.4 Å². The molecule has 1 amide bonds.